The predicted octanol–water partition coefficient (Wildman–Crippen LogP) is 4.69. The Labute approximate surface area is 200 Å². The Kier molecular flexibility index (Phi) is 5.81. The quantitative estimate of drug-likeness (QED) is 0.407. The Morgan fingerprint density at radius 1 is 0.914 bits per heavy atom. The minimum atomic E-state index is -3.95. The summed E-state index contributed by atoms with van der Waals surface area (Å²) >= 11 is 0. The summed E-state index contributed by atoms with van der Waals surface area (Å²) in [5.41, 5.74) is 2.55. The number of sulfonamides is 1. The molecule has 0 atom stereocenters. The molecule has 4 aromatic rings. The number of nitrogens with zero attached hydrogens (tertiary/aromatic N) is 2. The highest BCUT2D eigenvalue weighted by Gasteiger charge is 2.28. The maximum absolute atomic E-state index is 14.4. The summed E-state index contributed by atoms with van der Waals surface area (Å²) in [5, 5.41) is 7.13. The lowest BCUT2D eigenvalue weighted by atomic mass is 10.2. The number of carbonyl (C=O) groups excluding carboxylic acids is 1. The van der Waals surface area contributed by atoms with Gasteiger partial charge in [-0.3, -0.25) is 9.52 Å². The second-order valence-corrected chi connectivity index (χ2v) is 9.77. The van der Waals surface area contributed by atoms with Gasteiger partial charge in [-0.2, -0.15) is 5.10 Å². The van der Waals surface area contributed by atoms with Gasteiger partial charge in [0.05, 0.1) is 10.6 Å². The van der Waals surface area contributed by atoms with Crippen molar-refractivity contribution in [2.75, 3.05) is 10.0 Å². The number of hydrogen-bond acceptors (Lipinski definition) is 4. The molecule has 35 heavy (non-hydrogen) atoms. The number of anilines is 2. The first-order valence-corrected chi connectivity index (χ1v) is 12.4. The molecule has 0 unspecified atom stereocenters. The van der Waals surface area contributed by atoms with Crippen LogP contribution in [0, 0.1) is 11.6 Å². The van der Waals surface area contributed by atoms with Gasteiger partial charge in [-0.15, -0.1) is 0 Å². The van der Waals surface area contributed by atoms with Crippen molar-refractivity contribution in [2.24, 2.45) is 0 Å². The number of fused-ring (bicyclic) bond motifs is 1. The first kappa shape index (κ1) is 22.7. The smallest absolute Gasteiger partial charge is 0.276 e. The van der Waals surface area contributed by atoms with E-state index in [-0.39, 0.29) is 22.0 Å². The second kappa shape index (κ2) is 8.95. The standard InChI is InChI=1S/C25H20F2N4O3S/c26-16-5-3-6-18(15-16)30-35(33,34)19-13-11-17(12-14-19)28-25(32)24-20-7-4-10-22(20)31(29-24)23-9-2-1-8-21(23)27/h1-3,5-6,8-9,11-15,30H,4,7,10H2,(H,28,32). The molecule has 0 aliphatic heterocycles. The van der Waals surface area contributed by atoms with Crippen LogP contribution in [0.1, 0.15) is 28.2 Å². The molecule has 1 aliphatic carbocycles. The summed E-state index contributed by atoms with van der Waals surface area (Å²) in [4.78, 5) is 13.0. The number of carbonyl (C=O) groups is 1. The number of aromatic nitrogens is 2. The summed E-state index contributed by atoms with van der Waals surface area (Å²) in [5.74, 6) is -1.46. The van der Waals surface area contributed by atoms with Crippen LogP contribution in [0.25, 0.3) is 5.69 Å². The van der Waals surface area contributed by atoms with Gasteiger partial charge in [0.25, 0.3) is 15.9 Å². The molecule has 0 saturated heterocycles. The Morgan fingerprint density at radius 2 is 1.69 bits per heavy atom. The lowest BCUT2D eigenvalue weighted by Crippen LogP contribution is -2.16. The van der Waals surface area contributed by atoms with Crippen LogP contribution in [0.3, 0.4) is 0 Å². The molecule has 10 heteroatoms. The summed E-state index contributed by atoms with van der Waals surface area (Å²) in [6.07, 6.45) is 2.19. The molecule has 0 saturated carbocycles. The van der Waals surface area contributed by atoms with Crippen LogP contribution in [0.15, 0.2) is 77.7 Å². The van der Waals surface area contributed by atoms with Gasteiger partial charge in [-0.25, -0.2) is 21.9 Å². The average molecular weight is 495 g/mol. The molecule has 178 valence electrons. The fraction of sp³-hybridized carbons (Fsp3) is 0.120. The average Bonchev–Trinajstić information content (AvgIpc) is 3.43. The maximum atomic E-state index is 14.4. The summed E-state index contributed by atoms with van der Waals surface area (Å²) < 4.78 is 56.7. The zero-order valence-electron chi connectivity index (χ0n) is 18.3. The lowest BCUT2D eigenvalue weighted by molar-refractivity contribution is 0.102. The highest BCUT2D eigenvalue weighted by atomic mass is 32.2. The Morgan fingerprint density at radius 3 is 2.43 bits per heavy atom. The van der Waals surface area contributed by atoms with E-state index in [1.54, 1.807) is 18.2 Å². The number of para-hydroxylation sites is 1. The van der Waals surface area contributed by atoms with Gasteiger partial charge in [0, 0.05) is 16.9 Å². The Bertz CT molecular complexity index is 1530. The zero-order valence-corrected chi connectivity index (χ0v) is 19.1. The third kappa shape index (κ3) is 4.52. The van der Waals surface area contributed by atoms with Crippen molar-refractivity contribution in [1.29, 1.82) is 0 Å². The molecule has 1 aliphatic rings. The zero-order chi connectivity index (χ0) is 24.6. The van der Waals surface area contributed by atoms with Crippen molar-refractivity contribution in [3.8, 4) is 5.69 Å². The minimum Gasteiger partial charge on any atom is -0.321 e. The normalized spacial score (nSPS) is 12.9. The molecule has 5 rings (SSSR count). The molecule has 0 fully saturated rings. The Balaban J connectivity index is 1.36. The van der Waals surface area contributed by atoms with E-state index in [1.165, 1.54) is 53.2 Å². The van der Waals surface area contributed by atoms with Crippen molar-refractivity contribution in [3.05, 3.63) is 101 Å². The molecular weight excluding hydrogens is 474 g/mol. The lowest BCUT2D eigenvalue weighted by Gasteiger charge is -2.09. The summed E-state index contributed by atoms with van der Waals surface area (Å²) in [6.45, 7) is 0. The second-order valence-electron chi connectivity index (χ2n) is 8.08. The van der Waals surface area contributed by atoms with E-state index in [9.17, 15) is 22.0 Å². The number of amides is 1. The molecule has 2 N–H and O–H groups in total. The van der Waals surface area contributed by atoms with Gasteiger partial charge >= 0.3 is 0 Å². The van der Waals surface area contributed by atoms with Crippen LogP contribution in [-0.4, -0.2) is 24.1 Å². The van der Waals surface area contributed by atoms with Crippen LogP contribution in [0.5, 0.6) is 0 Å². The van der Waals surface area contributed by atoms with E-state index in [1.807, 2.05) is 0 Å². The van der Waals surface area contributed by atoms with Gasteiger partial charge in [0.15, 0.2) is 5.69 Å². The fourth-order valence-corrected chi connectivity index (χ4v) is 5.17. The molecule has 1 aromatic heterocycles. The van der Waals surface area contributed by atoms with Crippen LogP contribution < -0.4 is 10.0 Å². The predicted molar refractivity (Wildman–Crippen MR) is 127 cm³/mol. The minimum absolute atomic E-state index is 0.0514. The molecule has 1 heterocycles. The molecule has 7 nitrogen and oxygen atoms in total. The number of hydrogen-bond donors (Lipinski definition) is 2. The monoisotopic (exact) mass is 494 g/mol. The van der Waals surface area contributed by atoms with Crippen molar-refractivity contribution < 1.29 is 22.0 Å². The van der Waals surface area contributed by atoms with Crippen LogP contribution >= 0.6 is 0 Å². The molecule has 3 aromatic carbocycles. The van der Waals surface area contributed by atoms with Gasteiger partial charge in [-0.1, -0.05) is 18.2 Å². The van der Waals surface area contributed by atoms with Crippen LogP contribution in [0.4, 0.5) is 20.2 Å². The van der Waals surface area contributed by atoms with E-state index in [0.717, 1.165) is 23.7 Å². The first-order chi connectivity index (χ1) is 16.8. The van der Waals surface area contributed by atoms with E-state index in [0.29, 0.717) is 18.5 Å². The SMILES string of the molecule is O=C(Nc1ccc(S(=O)(=O)Nc2cccc(F)c2)cc1)c1nn(-c2ccccc2F)c2c1CCC2. The van der Waals surface area contributed by atoms with E-state index in [2.05, 4.69) is 15.1 Å². The summed E-state index contributed by atoms with van der Waals surface area (Å²) in [7, 11) is -3.95. The number of benzene rings is 3. The topological polar surface area (TPSA) is 93.1 Å². The van der Waals surface area contributed by atoms with Crippen molar-refractivity contribution in [1.82, 2.24) is 9.78 Å². The molecular formula is C25H20F2N4O3S. The fourth-order valence-electron chi connectivity index (χ4n) is 4.12. The number of rotatable bonds is 6. The van der Waals surface area contributed by atoms with E-state index in [4.69, 9.17) is 0 Å². The first-order valence-electron chi connectivity index (χ1n) is 10.9. The Hall–Kier alpha value is -4.05. The van der Waals surface area contributed by atoms with Gasteiger partial charge in [0.1, 0.15) is 17.3 Å². The van der Waals surface area contributed by atoms with E-state index < -0.39 is 27.6 Å². The van der Waals surface area contributed by atoms with Crippen LogP contribution in [-0.2, 0) is 22.9 Å². The molecule has 1 amide bonds. The largest absolute Gasteiger partial charge is 0.321 e. The van der Waals surface area contributed by atoms with Crippen molar-refractivity contribution >= 4 is 27.3 Å². The third-order valence-corrected chi connectivity index (χ3v) is 7.12. The molecule has 0 radical (unpaired) electrons. The maximum Gasteiger partial charge on any atom is 0.276 e. The van der Waals surface area contributed by atoms with Gasteiger partial charge < -0.3 is 5.32 Å². The van der Waals surface area contributed by atoms with E-state index >= 15 is 0 Å². The van der Waals surface area contributed by atoms with Crippen molar-refractivity contribution in [2.45, 2.75) is 24.2 Å². The van der Waals surface area contributed by atoms with Gasteiger partial charge in [0.2, 0.25) is 0 Å². The number of nitrogens with one attached hydrogen (secondary N) is 2. The summed E-state index contributed by atoms with van der Waals surface area (Å²) in [6, 6.07) is 16.9. The molecule has 0 bridgehead atoms. The van der Waals surface area contributed by atoms with Gasteiger partial charge in [-0.05, 0) is 73.9 Å². The highest BCUT2D eigenvalue weighted by Crippen LogP contribution is 2.29. The number of halogens is 2. The highest BCUT2D eigenvalue weighted by molar-refractivity contribution is 7.92. The van der Waals surface area contributed by atoms with Crippen LogP contribution in [0.2, 0.25) is 0 Å². The molecule has 0 spiro atoms. The third-order valence-electron chi connectivity index (χ3n) is 5.73. The van der Waals surface area contributed by atoms with Crippen molar-refractivity contribution in [3.63, 3.8) is 0 Å².